The molecule has 36 heavy (non-hydrogen) atoms. The number of carboxylic acid groups (broad SMARTS) is 2. The highest BCUT2D eigenvalue weighted by molar-refractivity contribution is 7.92. The second kappa shape index (κ2) is 11.5. The molecule has 1 fully saturated rings. The van der Waals surface area contributed by atoms with E-state index >= 15 is 0 Å². The van der Waals surface area contributed by atoms with Crippen LogP contribution in [0.3, 0.4) is 0 Å². The maximum Gasteiger partial charge on any atom is 0.490 e. The van der Waals surface area contributed by atoms with E-state index in [9.17, 15) is 31.5 Å². The lowest BCUT2D eigenvalue weighted by molar-refractivity contribution is -0.192. The van der Waals surface area contributed by atoms with Gasteiger partial charge in [0.2, 0.25) is 10.0 Å². The highest BCUT2D eigenvalue weighted by Gasteiger charge is 2.38. The Bertz CT molecular complexity index is 1210. The number of hydrogen-bond donors (Lipinski definition) is 3. The molecule has 0 unspecified atom stereocenters. The van der Waals surface area contributed by atoms with E-state index in [-0.39, 0.29) is 17.0 Å². The van der Waals surface area contributed by atoms with Crippen molar-refractivity contribution in [3.63, 3.8) is 0 Å². The molecule has 3 rings (SSSR count). The minimum Gasteiger partial charge on any atom is -0.478 e. The Labute approximate surface area is 207 Å². The van der Waals surface area contributed by atoms with Crippen LogP contribution in [0.1, 0.15) is 28.4 Å². The van der Waals surface area contributed by atoms with Crippen molar-refractivity contribution >= 4 is 39.0 Å². The van der Waals surface area contributed by atoms with E-state index in [4.69, 9.17) is 9.90 Å². The molecule has 0 aromatic heterocycles. The number of piperazine rings is 1. The Morgan fingerprint density at radius 2 is 1.56 bits per heavy atom. The zero-order chi connectivity index (χ0) is 27.3. The van der Waals surface area contributed by atoms with Crippen molar-refractivity contribution in [3.8, 4) is 0 Å². The minimum atomic E-state index is -5.08. The van der Waals surface area contributed by atoms with Crippen molar-refractivity contribution in [2.75, 3.05) is 46.5 Å². The van der Waals surface area contributed by atoms with Crippen LogP contribution >= 0.6 is 0 Å². The third-order valence-corrected chi connectivity index (χ3v) is 6.97. The number of aryl methyl sites for hydroxylation is 1. The maximum absolute atomic E-state index is 11.8. The van der Waals surface area contributed by atoms with Crippen molar-refractivity contribution in [2.45, 2.75) is 26.9 Å². The molecule has 0 atom stereocenters. The number of anilines is 3. The first-order valence-corrected chi connectivity index (χ1v) is 12.6. The van der Waals surface area contributed by atoms with E-state index in [1.54, 1.807) is 12.1 Å². The normalized spacial score (nSPS) is 14.1. The highest BCUT2D eigenvalue weighted by atomic mass is 32.2. The summed E-state index contributed by atoms with van der Waals surface area (Å²) in [6.45, 7) is 8.92. The number of aliphatic carboxylic acids is 1. The van der Waals surface area contributed by atoms with Crippen LogP contribution in [0, 0.1) is 13.8 Å². The molecule has 198 valence electrons. The van der Waals surface area contributed by atoms with Crippen LogP contribution in [0.25, 0.3) is 0 Å². The first-order chi connectivity index (χ1) is 16.7. The third kappa shape index (κ3) is 7.51. The molecular formula is C23H28F3N3O6S. The standard InChI is InChI=1S/C21H27N3O4S.C2HF3O2/c1-4-29(27,28)22-19-9-8-17(14-18(19)21(25)26)23-10-12-24(13-11-23)20-7-5-6-15(2)16(20)3;3-2(4,5)1(6)7/h5-9,14,22H,4,10-13H2,1-3H3,(H,25,26);(H,6,7). The second-order valence-electron chi connectivity index (χ2n) is 8.04. The van der Waals surface area contributed by atoms with Gasteiger partial charge in [-0.2, -0.15) is 13.2 Å². The molecular weight excluding hydrogens is 503 g/mol. The van der Waals surface area contributed by atoms with Gasteiger partial charge in [-0.3, -0.25) is 4.72 Å². The smallest absolute Gasteiger partial charge is 0.478 e. The number of hydrogen-bond acceptors (Lipinski definition) is 6. The van der Waals surface area contributed by atoms with Crippen LogP contribution in [0.5, 0.6) is 0 Å². The summed E-state index contributed by atoms with van der Waals surface area (Å²) >= 11 is 0. The minimum absolute atomic E-state index is 0.0449. The zero-order valence-electron chi connectivity index (χ0n) is 20.0. The topological polar surface area (TPSA) is 127 Å². The van der Waals surface area contributed by atoms with E-state index in [1.807, 2.05) is 0 Å². The van der Waals surface area contributed by atoms with Crippen LogP contribution in [0.4, 0.5) is 30.2 Å². The van der Waals surface area contributed by atoms with E-state index in [2.05, 4.69) is 46.6 Å². The van der Waals surface area contributed by atoms with Crippen molar-refractivity contribution in [1.29, 1.82) is 0 Å². The number of aromatic carboxylic acids is 1. The Morgan fingerprint density at radius 3 is 2.06 bits per heavy atom. The van der Waals surface area contributed by atoms with Gasteiger partial charge in [0, 0.05) is 37.6 Å². The average Bonchev–Trinajstić information content (AvgIpc) is 2.81. The van der Waals surface area contributed by atoms with Gasteiger partial charge in [-0.25, -0.2) is 18.0 Å². The monoisotopic (exact) mass is 531 g/mol. The van der Waals surface area contributed by atoms with Crippen LogP contribution in [-0.4, -0.2) is 68.7 Å². The molecule has 13 heteroatoms. The summed E-state index contributed by atoms with van der Waals surface area (Å²) in [4.78, 5) is 25.1. The summed E-state index contributed by atoms with van der Waals surface area (Å²) in [7, 11) is -3.55. The number of sulfonamides is 1. The van der Waals surface area contributed by atoms with E-state index < -0.39 is 28.1 Å². The molecule has 3 N–H and O–H groups in total. The molecule has 1 aliphatic rings. The van der Waals surface area contributed by atoms with Gasteiger partial charge in [0.1, 0.15) is 0 Å². The van der Waals surface area contributed by atoms with Gasteiger partial charge >= 0.3 is 18.1 Å². The van der Waals surface area contributed by atoms with Crippen molar-refractivity contribution in [2.24, 2.45) is 0 Å². The lowest BCUT2D eigenvalue weighted by atomic mass is 10.1. The molecule has 2 aromatic rings. The van der Waals surface area contributed by atoms with Crippen molar-refractivity contribution in [3.05, 3.63) is 53.1 Å². The Hall–Kier alpha value is -3.48. The lowest BCUT2D eigenvalue weighted by Crippen LogP contribution is -2.46. The number of nitrogens with zero attached hydrogens (tertiary/aromatic N) is 2. The van der Waals surface area contributed by atoms with Gasteiger partial charge in [0.25, 0.3) is 0 Å². The van der Waals surface area contributed by atoms with E-state index in [1.165, 1.54) is 29.8 Å². The van der Waals surface area contributed by atoms with Crippen molar-refractivity contribution in [1.82, 2.24) is 0 Å². The van der Waals surface area contributed by atoms with Crippen LogP contribution in [-0.2, 0) is 14.8 Å². The average molecular weight is 532 g/mol. The number of alkyl halides is 3. The Balaban J connectivity index is 0.000000572. The predicted octanol–water partition coefficient (Wildman–Crippen LogP) is 3.72. The Kier molecular flexibility index (Phi) is 9.19. The lowest BCUT2D eigenvalue weighted by Gasteiger charge is -2.38. The molecule has 9 nitrogen and oxygen atoms in total. The number of benzene rings is 2. The second-order valence-corrected chi connectivity index (χ2v) is 10.0. The molecule has 1 saturated heterocycles. The zero-order valence-corrected chi connectivity index (χ0v) is 20.8. The van der Waals surface area contributed by atoms with Gasteiger partial charge < -0.3 is 20.0 Å². The van der Waals surface area contributed by atoms with Gasteiger partial charge in [0.05, 0.1) is 17.0 Å². The van der Waals surface area contributed by atoms with Crippen LogP contribution < -0.4 is 14.5 Å². The largest absolute Gasteiger partial charge is 0.490 e. The molecule has 0 saturated carbocycles. The molecule has 0 spiro atoms. The Morgan fingerprint density at radius 1 is 1.00 bits per heavy atom. The first-order valence-electron chi connectivity index (χ1n) is 10.9. The molecule has 0 amide bonds. The summed E-state index contributed by atoms with van der Waals surface area (Å²) in [5.74, 6) is -4.03. The fourth-order valence-corrected chi connectivity index (χ4v) is 4.18. The number of carbonyl (C=O) groups is 2. The SMILES string of the molecule is CCS(=O)(=O)Nc1ccc(N2CCN(c3cccc(C)c3C)CC2)cc1C(=O)O.O=C(O)C(F)(F)F. The fraction of sp³-hybridized carbons (Fsp3) is 0.391. The first kappa shape index (κ1) is 28.8. The highest BCUT2D eigenvalue weighted by Crippen LogP contribution is 2.28. The van der Waals surface area contributed by atoms with Gasteiger partial charge in [-0.15, -0.1) is 0 Å². The summed E-state index contributed by atoms with van der Waals surface area (Å²) in [6, 6.07) is 11.2. The molecule has 0 bridgehead atoms. The molecule has 2 aromatic carbocycles. The number of nitrogens with one attached hydrogen (secondary N) is 1. The van der Waals surface area contributed by atoms with Gasteiger partial charge in [0.15, 0.2) is 0 Å². The summed E-state index contributed by atoms with van der Waals surface area (Å²) < 4.78 is 57.8. The quantitative estimate of drug-likeness (QED) is 0.515. The number of carboxylic acids is 2. The van der Waals surface area contributed by atoms with E-state index in [0.29, 0.717) is 0 Å². The molecule has 1 aliphatic heterocycles. The van der Waals surface area contributed by atoms with E-state index in [0.717, 1.165) is 31.9 Å². The fourth-order valence-electron chi connectivity index (χ4n) is 3.52. The summed E-state index contributed by atoms with van der Waals surface area (Å²) in [6.07, 6.45) is -5.08. The van der Waals surface area contributed by atoms with Gasteiger partial charge in [-0.1, -0.05) is 12.1 Å². The van der Waals surface area contributed by atoms with Crippen LogP contribution in [0.2, 0.25) is 0 Å². The van der Waals surface area contributed by atoms with Crippen molar-refractivity contribution < 1.29 is 41.4 Å². The molecule has 0 aliphatic carbocycles. The summed E-state index contributed by atoms with van der Waals surface area (Å²) in [5.41, 5.74) is 4.61. The predicted molar refractivity (Wildman–Crippen MR) is 131 cm³/mol. The third-order valence-electron chi connectivity index (χ3n) is 5.68. The van der Waals surface area contributed by atoms with Gasteiger partial charge in [-0.05, 0) is 56.2 Å². The molecule has 0 radical (unpaired) electrons. The number of halogens is 3. The molecule has 1 heterocycles. The van der Waals surface area contributed by atoms with Crippen LogP contribution in [0.15, 0.2) is 36.4 Å². The maximum atomic E-state index is 11.8. The summed E-state index contributed by atoms with van der Waals surface area (Å²) in [5, 5.41) is 16.7. The number of rotatable bonds is 6.